The lowest BCUT2D eigenvalue weighted by Crippen LogP contribution is -2.26. The predicted molar refractivity (Wildman–Crippen MR) is 82.6 cm³/mol. The summed E-state index contributed by atoms with van der Waals surface area (Å²) >= 11 is 5.95. The number of anilines is 1. The molecular formula is C16H17ClFNO2. The van der Waals surface area contributed by atoms with E-state index in [0.717, 1.165) is 0 Å². The second-order valence-electron chi connectivity index (χ2n) is 4.74. The van der Waals surface area contributed by atoms with Crippen molar-refractivity contribution in [3.63, 3.8) is 0 Å². The van der Waals surface area contributed by atoms with Gasteiger partial charge in [-0.1, -0.05) is 29.8 Å². The lowest BCUT2D eigenvalue weighted by molar-refractivity contribution is 0.117. The van der Waals surface area contributed by atoms with E-state index in [-0.39, 0.29) is 19.0 Å². The highest BCUT2D eigenvalue weighted by Gasteiger charge is 2.07. The van der Waals surface area contributed by atoms with Crippen molar-refractivity contribution in [3.05, 3.63) is 58.9 Å². The second kappa shape index (κ2) is 7.29. The smallest absolute Gasteiger partial charge is 0.138 e. The number of ether oxygens (including phenoxy) is 1. The third kappa shape index (κ3) is 4.62. The molecule has 0 amide bonds. The van der Waals surface area contributed by atoms with E-state index in [1.54, 1.807) is 43.3 Å². The molecule has 0 bridgehead atoms. The van der Waals surface area contributed by atoms with E-state index in [1.165, 1.54) is 6.07 Å². The number of para-hydroxylation sites is 1. The Bertz CT molecular complexity index is 607. The molecule has 0 spiro atoms. The van der Waals surface area contributed by atoms with Gasteiger partial charge < -0.3 is 15.2 Å². The molecule has 2 aromatic carbocycles. The molecule has 0 aliphatic heterocycles. The van der Waals surface area contributed by atoms with Crippen molar-refractivity contribution in [2.45, 2.75) is 13.0 Å². The molecule has 1 unspecified atom stereocenters. The summed E-state index contributed by atoms with van der Waals surface area (Å²) in [5.74, 6) is 0.251. The minimum absolute atomic E-state index is 0.102. The SMILES string of the molecule is Cc1ccc(NCC(O)COc2ccccc2Cl)cc1F. The summed E-state index contributed by atoms with van der Waals surface area (Å²) < 4.78 is 18.8. The summed E-state index contributed by atoms with van der Waals surface area (Å²) in [6, 6.07) is 11.9. The van der Waals surface area contributed by atoms with Crippen LogP contribution in [-0.2, 0) is 0 Å². The highest BCUT2D eigenvalue weighted by Crippen LogP contribution is 2.23. The molecule has 21 heavy (non-hydrogen) atoms. The lowest BCUT2D eigenvalue weighted by atomic mass is 10.2. The molecule has 0 aliphatic carbocycles. The summed E-state index contributed by atoms with van der Waals surface area (Å²) in [5, 5.41) is 13.3. The van der Waals surface area contributed by atoms with Gasteiger partial charge in [-0.2, -0.15) is 0 Å². The van der Waals surface area contributed by atoms with Gasteiger partial charge in [-0.05, 0) is 36.8 Å². The molecular weight excluding hydrogens is 293 g/mol. The van der Waals surface area contributed by atoms with Crippen LogP contribution in [0.4, 0.5) is 10.1 Å². The fraction of sp³-hybridized carbons (Fsp3) is 0.250. The molecule has 0 fully saturated rings. The number of aryl methyl sites for hydroxylation is 1. The average molecular weight is 310 g/mol. The number of hydrogen-bond acceptors (Lipinski definition) is 3. The van der Waals surface area contributed by atoms with E-state index in [4.69, 9.17) is 16.3 Å². The zero-order chi connectivity index (χ0) is 15.2. The standard InChI is InChI=1S/C16H17ClFNO2/c1-11-6-7-12(8-15(11)18)19-9-13(20)10-21-16-5-3-2-4-14(16)17/h2-8,13,19-20H,9-10H2,1H3. The molecule has 112 valence electrons. The zero-order valence-electron chi connectivity index (χ0n) is 11.6. The van der Waals surface area contributed by atoms with Crippen LogP contribution in [0.15, 0.2) is 42.5 Å². The first-order chi connectivity index (χ1) is 10.1. The van der Waals surface area contributed by atoms with Crippen LogP contribution in [0.1, 0.15) is 5.56 Å². The Labute approximate surface area is 128 Å². The van der Waals surface area contributed by atoms with Crippen LogP contribution in [0.25, 0.3) is 0 Å². The van der Waals surface area contributed by atoms with E-state index in [2.05, 4.69) is 5.32 Å². The first-order valence-electron chi connectivity index (χ1n) is 6.61. The van der Waals surface area contributed by atoms with Gasteiger partial charge in [0.2, 0.25) is 0 Å². The van der Waals surface area contributed by atoms with Crippen molar-refractivity contribution in [1.29, 1.82) is 0 Å². The molecule has 2 rings (SSSR count). The maximum Gasteiger partial charge on any atom is 0.138 e. The second-order valence-corrected chi connectivity index (χ2v) is 5.15. The Morgan fingerprint density at radius 3 is 2.76 bits per heavy atom. The van der Waals surface area contributed by atoms with Crippen LogP contribution in [0, 0.1) is 12.7 Å². The number of hydrogen-bond donors (Lipinski definition) is 2. The molecule has 2 aromatic rings. The van der Waals surface area contributed by atoms with Crippen LogP contribution in [-0.4, -0.2) is 24.4 Å². The first kappa shape index (κ1) is 15.6. The normalized spacial score (nSPS) is 12.0. The van der Waals surface area contributed by atoms with Gasteiger partial charge in [0.25, 0.3) is 0 Å². The van der Waals surface area contributed by atoms with Crippen molar-refractivity contribution in [3.8, 4) is 5.75 Å². The molecule has 0 saturated heterocycles. The third-order valence-electron chi connectivity index (χ3n) is 2.98. The topological polar surface area (TPSA) is 41.5 Å². The number of aliphatic hydroxyl groups excluding tert-OH is 1. The Morgan fingerprint density at radius 1 is 1.29 bits per heavy atom. The fourth-order valence-corrected chi connectivity index (χ4v) is 1.94. The van der Waals surface area contributed by atoms with E-state index in [0.29, 0.717) is 22.0 Å². The zero-order valence-corrected chi connectivity index (χ0v) is 12.4. The van der Waals surface area contributed by atoms with Crippen LogP contribution >= 0.6 is 11.6 Å². The molecule has 5 heteroatoms. The summed E-state index contributed by atoms with van der Waals surface area (Å²) in [6.45, 7) is 2.06. The fourth-order valence-electron chi connectivity index (χ4n) is 1.75. The molecule has 3 nitrogen and oxygen atoms in total. The van der Waals surface area contributed by atoms with Crippen molar-refractivity contribution < 1.29 is 14.2 Å². The summed E-state index contributed by atoms with van der Waals surface area (Å²) in [7, 11) is 0. The van der Waals surface area contributed by atoms with Crippen LogP contribution in [0.5, 0.6) is 5.75 Å². The van der Waals surface area contributed by atoms with Crippen molar-refractivity contribution in [2.75, 3.05) is 18.5 Å². The van der Waals surface area contributed by atoms with Crippen LogP contribution < -0.4 is 10.1 Å². The van der Waals surface area contributed by atoms with Gasteiger partial charge in [0.1, 0.15) is 24.3 Å². The van der Waals surface area contributed by atoms with Gasteiger partial charge >= 0.3 is 0 Å². The van der Waals surface area contributed by atoms with E-state index in [9.17, 15) is 9.50 Å². The molecule has 0 radical (unpaired) electrons. The minimum atomic E-state index is -0.731. The van der Waals surface area contributed by atoms with E-state index in [1.807, 2.05) is 0 Å². The summed E-state index contributed by atoms with van der Waals surface area (Å²) in [4.78, 5) is 0. The maximum atomic E-state index is 13.4. The highest BCUT2D eigenvalue weighted by atomic mass is 35.5. The van der Waals surface area contributed by atoms with Gasteiger partial charge in [-0.15, -0.1) is 0 Å². The highest BCUT2D eigenvalue weighted by molar-refractivity contribution is 6.32. The number of benzene rings is 2. The minimum Gasteiger partial charge on any atom is -0.489 e. The number of rotatable bonds is 6. The van der Waals surface area contributed by atoms with Gasteiger partial charge in [0.05, 0.1) is 5.02 Å². The summed E-state index contributed by atoms with van der Waals surface area (Å²) in [5.41, 5.74) is 1.21. The van der Waals surface area contributed by atoms with Gasteiger partial charge in [-0.25, -0.2) is 4.39 Å². The molecule has 0 aromatic heterocycles. The predicted octanol–water partition coefficient (Wildman–Crippen LogP) is 3.64. The maximum absolute atomic E-state index is 13.4. The number of halogens is 2. The van der Waals surface area contributed by atoms with Gasteiger partial charge in [0, 0.05) is 12.2 Å². The average Bonchev–Trinajstić information content (AvgIpc) is 2.47. The van der Waals surface area contributed by atoms with Crippen LogP contribution in [0.2, 0.25) is 5.02 Å². The third-order valence-corrected chi connectivity index (χ3v) is 3.29. The van der Waals surface area contributed by atoms with Crippen molar-refractivity contribution in [1.82, 2.24) is 0 Å². The molecule has 0 heterocycles. The molecule has 0 saturated carbocycles. The van der Waals surface area contributed by atoms with Crippen molar-refractivity contribution >= 4 is 17.3 Å². The van der Waals surface area contributed by atoms with Crippen molar-refractivity contribution in [2.24, 2.45) is 0 Å². The Hall–Kier alpha value is -1.78. The van der Waals surface area contributed by atoms with E-state index >= 15 is 0 Å². The number of aliphatic hydroxyl groups is 1. The number of nitrogens with one attached hydrogen (secondary N) is 1. The molecule has 1 atom stereocenters. The van der Waals surface area contributed by atoms with Gasteiger partial charge in [0.15, 0.2) is 0 Å². The summed E-state index contributed by atoms with van der Waals surface area (Å²) in [6.07, 6.45) is -0.731. The molecule has 0 aliphatic rings. The lowest BCUT2D eigenvalue weighted by Gasteiger charge is -2.15. The Morgan fingerprint density at radius 2 is 2.05 bits per heavy atom. The quantitative estimate of drug-likeness (QED) is 0.856. The van der Waals surface area contributed by atoms with Crippen LogP contribution in [0.3, 0.4) is 0 Å². The Balaban J connectivity index is 1.81. The molecule has 2 N–H and O–H groups in total. The largest absolute Gasteiger partial charge is 0.489 e. The monoisotopic (exact) mass is 309 g/mol. The Kier molecular flexibility index (Phi) is 5.42. The van der Waals surface area contributed by atoms with Gasteiger partial charge in [-0.3, -0.25) is 0 Å². The first-order valence-corrected chi connectivity index (χ1v) is 6.99. The van der Waals surface area contributed by atoms with E-state index < -0.39 is 6.10 Å².